The van der Waals surface area contributed by atoms with Crippen LogP contribution in [0.15, 0.2) is 12.1 Å². The number of amides is 1. The van der Waals surface area contributed by atoms with Crippen molar-refractivity contribution in [2.75, 3.05) is 26.7 Å². The summed E-state index contributed by atoms with van der Waals surface area (Å²) in [6.45, 7) is 6.90. The van der Waals surface area contributed by atoms with Crippen LogP contribution in [0.25, 0.3) is 0 Å². The number of nitrogens with zero attached hydrogens (tertiary/aromatic N) is 1. The second-order valence-electron chi connectivity index (χ2n) is 11.9. The van der Waals surface area contributed by atoms with Crippen LogP contribution in [0.4, 0.5) is 0 Å². The summed E-state index contributed by atoms with van der Waals surface area (Å²) in [5.41, 5.74) is 8.68. The Bertz CT molecular complexity index is 997. The van der Waals surface area contributed by atoms with E-state index in [4.69, 9.17) is 15.2 Å². The molecule has 5 aliphatic rings. The molecule has 0 radical (unpaired) electrons. The van der Waals surface area contributed by atoms with Crippen LogP contribution in [-0.4, -0.2) is 66.9 Å². The maximum atomic E-state index is 12.8. The van der Waals surface area contributed by atoms with Crippen LogP contribution in [-0.2, 0) is 21.4 Å². The maximum absolute atomic E-state index is 12.8. The van der Waals surface area contributed by atoms with Crippen LogP contribution in [0.5, 0.6) is 11.5 Å². The molecule has 2 bridgehead atoms. The van der Waals surface area contributed by atoms with E-state index in [2.05, 4.69) is 23.2 Å². The first kappa shape index (κ1) is 23.6. The highest BCUT2D eigenvalue weighted by Gasteiger charge is 2.67. The number of phenols is 1. The van der Waals surface area contributed by atoms with E-state index in [-0.39, 0.29) is 41.1 Å². The molecule has 35 heavy (non-hydrogen) atoms. The van der Waals surface area contributed by atoms with E-state index in [1.165, 1.54) is 30.5 Å². The molecule has 3 fully saturated rings. The summed E-state index contributed by atoms with van der Waals surface area (Å²) in [5.74, 6) is 2.39. The number of nitrogens with one attached hydrogen (secondary N) is 1. The van der Waals surface area contributed by atoms with Gasteiger partial charge >= 0.3 is 0 Å². The van der Waals surface area contributed by atoms with Crippen LogP contribution < -0.4 is 15.8 Å². The van der Waals surface area contributed by atoms with Gasteiger partial charge in [0.1, 0.15) is 6.10 Å². The fourth-order valence-corrected chi connectivity index (χ4v) is 7.90. The van der Waals surface area contributed by atoms with E-state index in [9.17, 15) is 9.90 Å². The molecule has 192 valence electrons. The van der Waals surface area contributed by atoms with Gasteiger partial charge in [-0.2, -0.15) is 0 Å². The molecule has 2 heterocycles. The van der Waals surface area contributed by atoms with Crippen molar-refractivity contribution >= 4 is 5.91 Å². The molecule has 2 aliphatic heterocycles. The number of hydrogen-bond acceptors (Lipinski definition) is 6. The van der Waals surface area contributed by atoms with Crippen LogP contribution in [0.1, 0.15) is 57.1 Å². The fraction of sp³-hybridized carbons (Fsp3) is 0.750. The van der Waals surface area contributed by atoms with E-state index in [1.54, 1.807) is 13.2 Å². The lowest BCUT2D eigenvalue weighted by molar-refractivity contribution is -0.143. The van der Waals surface area contributed by atoms with Crippen LogP contribution in [0.3, 0.4) is 0 Å². The number of rotatable bonds is 8. The van der Waals surface area contributed by atoms with Gasteiger partial charge in [-0.25, -0.2) is 0 Å². The van der Waals surface area contributed by atoms with E-state index in [0.717, 1.165) is 38.1 Å². The third-order valence-electron chi connectivity index (χ3n) is 10.2. The molecule has 1 spiro atoms. The lowest BCUT2D eigenvalue weighted by atomic mass is 9.49. The van der Waals surface area contributed by atoms with Gasteiger partial charge in [-0.15, -0.1) is 0 Å². The molecule has 0 aromatic heterocycles. The number of methoxy groups -OCH3 is 1. The monoisotopic (exact) mass is 483 g/mol. The molecule has 2 saturated carbocycles. The first-order valence-corrected chi connectivity index (χ1v) is 13.7. The Kier molecular flexibility index (Phi) is 5.81. The Hall–Kier alpha value is -1.83. The van der Waals surface area contributed by atoms with Crippen molar-refractivity contribution in [1.29, 1.82) is 0 Å². The van der Waals surface area contributed by atoms with Crippen molar-refractivity contribution in [2.45, 2.75) is 82.1 Å². The molecule has 7 heteroatoms. The fourth-order valence-electron chi connectivity index (χ4n) is 7.90. The summed E-state index contributed by atoms with van der Waals surface area (Å²) in [5, 5.41) is 13.9. The number of piperidine rings is 1. The number of hydrogen-bond donors (Lipinski definition) is 3. The molecule has 8 atom stereocenters. The summed E-state index contributed by atoms with van der Waals surface area (Å²) >= 11 is 0. The van der Waals surface area contributed by atoms with Gasteiger partial charge in [0, 0.05) is 43.1 Å². The number of aromatic hydroxyl groups is 1. The number of likely N-dealkylation sites (tertiary alicyclic amines) is 1. The average molecular weight is 484 g/mol. The normalized spacial score (nSPS) is 36.7. The minimum absolute atomic E-state index is 0.0794. The van der Waals surface area contributed by atoms with Gasteiger partial charge in [-0.1, -0.05) is 26.3 Å². The molecule has 2 unspecified atom stereocenters. The van der Waals surface area contributed by atoms with Crippen molar-refractivity contribution in [3.8, 4) is 11.5 Å². The van der Waals surface area contributed by atoms with Gasteiger partial charge in [-0.05, 0) is 68.0 Å². The molecule has 4 N–H and O–H groups in total. The number of nitrogens with two attached hydrogens (primary N) is 1. The third kappa shape index (κ3) is 3.52. The summed E-state index contributed by atoms with van der Waals surface area (Å²) in [4.78, 5) is 15.6. The highest BCUT2D eigenvalue weighted by Crippen LogP contribution is 2.65. The minimum atomic E-state index is -0.495. The zero-order chi connectivity index (χ0) is 24.5. The van der Waals surface area contributed by atoms with Gasteiger partial charge in [0.2, 0.25) is 5.91 Å². The molecule has 7 nitrogen and oxygen atoms in total. The summed E-state index contributed by atoms with van der Waals surface area (Å²) in [7, 11) is 1.76. The average Bonchev–Trinajstić information content (AvgIpc) is 3.61. The van der Waals surface area contributed by atoms with Gasteiger partial charge in [0.05, 0.1) is 12.1 Å². The van der Waals surface area contributed by atoms with Gasteiger partial charge in [-0.3, -0.25) is 9.69 Å². The molecule has 1 aromatic rings. The maximum Gasteiger partial charge on any atom is 0.237 e. The number of carbonyl (C=O) groups excluding carboxylic acids is 1. The Labute approximate surface area is 208 Å². The van der Waals surface area contributed by atoms with E-state index in [1.807, 2.05) is 6.92 Å². The zero-order valence-electron chi connectivity index (χ0n) is 21.3. The van der Waals surface area contributed by atoms with Gasteiger partial charge < -0.3 is 25.6 Å². The van der Waals surface area contributed by atoms with Crippen LogP contribution >= 0.6 is 0 Å². The Morgan fingerprint density at radius 1 is 1.40 bits per heavy atom. The standard InChI is InChI=1S/C28H41N3O4/c1-4-15(2)23(29)27(33)30-13-18-11-19-20-12-17-7-8-21(32)25-22(17)28(19,26(35-25)24(18)34-3)9-10-31(20)14-16-5-6-16/h7-8,15-16,18-20,23-24,26,32H,4-6,9-14,29H2,1-3H3,(H,30,33)/t15-,18+,19?,20+,23-,24?,26-,28-/m0/s1. The number of benzene rings is 1. The predicted molar refractivity (Wildman–Crippen MR) is 133 cm³/mol. The second kappa shape index (κ2) is 8.63. The number of ether oxygens (including phenoxy) is 2. The quantitative estimate of drug-likeness (QED) is 0.526. The third-order valence-corrected chi connectivity index (χ3v) is 10.2. The number of carbonyl (C=O) groups is 1. The van der Waals surface area contributed by atoms with Crippen molar-refractivity contribution in [1.82, 2.24) is 10.2 Å². The SMILES string of the molecule is CC[C@H](C)[C@H](N)C(=O)NC[C@H]1CC2[C@H]3Cc4ccc(O)c5c4[C@@]2(CCN3CC2CC2)[C@@H](O5)C1OC. The zero-order valence-corrected chi connectivity index (χ0v) is 21.3. The molecular formula is C28H41N3O4. The molecule has 6 rings (SSSR count). The first-order valence-electron chi connectivity index (χ1n) is 13.7. The van der Waals surface area contributed by atoms with E-state index >= 15 is 0 Å². The molecular weight excluding hydrogens is 442 g/mol. The first-order chi connectivity index (χ1) is 16.9. The smallest absolute Gasteiger partial charge is 0.237 e. The largest absolute Gasteiger partial charge is 0.504 e. The molecule has 1 aromatic carbocycles. The lowest BCUT2D eigenvalue weighted by Crippen LogP contribution is -2.69. The topological polar surface area (TPSA) is 97.1 Å². The van der Waals surface area contributed by atoms with Crippen molar-refractivity contribution < 1.29 is 19.4 Å². The lowest BCUT2D eigenvalue weighted by Gasteiger charge is -2.61. The Morgan fingerprint density at radius 3 is 2.91 bits per heavy atom. The minimum Gasteiger partial charge on any atom is -0.504 e. The Morgan fingerprint density at radius 2 is 2.20 bits per heavy atom. The van der Waals surface area contributed by atoms with Gasteiger partial charge in [0.15, 0.2) is 11.5 Å². The van der Waals surface area contributed by atoms with Crippen molar-refractivity contribution in [2.24, 2.45) is 29.4 Å². The van der Waals surface area contributed by atoms with Gasteiger partial charge in [0.25, 0.3) is 0 Å². The summed E-state index contributed by atoms with van der Waals surface area (Å²) in [6.07, 6.45) is 6.32. The highest BCUT2D eigenvalue weighted by molar-refractivity contribution is 5.81. The van der Waals surface area contributed by atoms with E-state index in [0.29, 0.717) is 24.3 Å². The highest BCUT2D eigenvalue weighted by atomic mass is 16.5. The predicted octanol–water partition coefficient (Wildman–Crippen LogP) is 2.57. The molecule has 1 amide bonds. The van der Waals surface area contributed by atoms with Crippen LogP contribution in [0, 0.1) is 23.7 Å². The number of phenolic OH excluding ortho intramolecular Hbond substituents is 1. The van der Waals surface area contributed by atoms with Crippen molar-refractivity contribution in [3.05, 3.63) is 23.3 Å². The Balaban J connectivity index is 1.33. The van der Waals surface area contributed by atoms with Crippen molar-refractivity contribution in [3.63, 3.8) is 0 Å². The molecule has 3 aliphatic carbocycles. The summed E-state index contributed by atoms with van der Waals surface area (Å²) in [6, 6.07) is 3.90. The second-order valence-corrected chi connectivity index (χ2v) is 11.9. The van der Waals surface area contributed by atoms with Crippen LogP contribution in [0.2, 0.25) is 0 Å². The summed E-state index contributed by atoms with van der Waals surface area (Å²) < 4.78 is 12.8. The van der Waals surface area contributed by atoms with E-state index < -0.39 is 6.04 Å². The molecule has 1 saturated heterocycles.